The van der Waals surface area contributed by atoms with Gasteiger partial charge in [0.1, 0.15) is 15.8 Å². The Hall–Kier alpha value is -1.46. The Bertz CT molecular complexity index is 583. The Morgan fingerprint density at radius 3 is 2.67 bits per heavy atom. The molecule has 0 bridgehead atoms. The molecule has 1 aromatic heterocycles. The Morgan fingerprint density at radius 2 is 2.00 bits per heavy atom. The maximum absolute atomic E-state index is 5.84. The molecule has 0 unspecified atom stereocenters. The van der Waals surface area contributed by atoms with Gasteiger partial charge in [0.2, 0.25) is 0 Å². The van der Waals surface area contributed by atoms with Crippen LogP contribution in [0.1, 0.15) is 27.6 Å². The molecule has 0 aliphatic rings. The highest BCUT2D eigenvalue weighted by Crippen LogP contribution is 2.18. The number of hydrogen-bond donors (Lipinski definition) is 0. The number of nitrogens with zero attached hydrogens (tertiary/aromatic N) is 3. The van der Waals surface area contributed by atoms with Crippen molar-refractivity contribution >= 4 is 11.3 Å². The van der Waals surface area contributed by atoms with Gasteiger partial charge < -0.3 is 4.74 Å². The predicted octanol–water partition coefficient (Wildman–Crippen LogP) is 3.36. The van der Waals surface area contributed by atoms with Gasteiger partial charge in [0.05, 0.1) is 13.2 Å². The van der Waals surface area contributed by atoms with Gasteiger partial charge in [-0.05, 0) is 45.9 Å². The van der Waals surface area contributed by atoms with Crippen LogP contribution in [0.25, 0.3) is 0 Å². The Balaban J connectivity index is 1.69. The van der Waals surface area contributed by atoms with Crippen molar-refractivity contribution in [3.63, 3.8) is 0 Å². The summed E-state index contributed by atoms with van der Waals surface area (Å²) in [4.78, 5) is 2.26. The Labute approximate surface area is 130 Å². The van der Waals surface area contributed by atoms with Gasteiger partial charge >= 0.3 is 0 Å². The number of hydrogen-bond acceptors (Lipinski definition) is 5. The lowest BCUT2D eigenvalue weighted by atomic mass is 10.1. The van der Waals surface area contributed by atoms with Crippen molar-refractivity contribution in [1.82, 2.24) is 15.1 Å². The fourth-order valence-corrected chi connectivity index (χ4v) is 2.98. The van der Waals surface area contributed by atoms with Gasteiger partial charge in [-0.15, -0.1) is 21.5 Å². The number of aryl methyl sites for hydroxylation is 3. The van der Waals surface area contributed by atoms with Crippen molar-refractivity contribution < 1.29 is 4.74 Å². The van der Waals surface area contributed by atoms with Crippen molar-refractivity contribution in [3.05, 3.63) is 39.3 Å². The molecule has 5 heteroatoms. The van der Waals surface area contributed by atoms with Crippen LogP contribution in [0, 0.1) is 20.8 Å². The molecule has 0 atom stereocenters. The van der Waals surface area contributed by atoms with E-state index >= 15 is 0 Å². The standard InChI is InChI=1S/C16H23N3OS/c1-12-6-7-15(13(2)10-12)20-9-5-8-19(4)11-16-18-17-14(3)21-16/h6-7,10H,5,8-9,11H2,1-4H3. The third-order valence-corrected chi connectivity index (χ3v) is 4.07. The van der Waals surface area contributed by atoms with Crippen LogP contribution in [0.3, 0.4) is 0 Å². The average molecular weight is 305 g/mol. The van der Waals surface area contributed by atoms with Crippen LogP contribution in [-0.4, -0.2) is 35.3 Å². The quantitative estimate of drug-likeness (QED) is 0.735. The molecule has 0 fully saturated rings. The maximum atomic E-state index is 5.84. The van der Waals surface area contributed by atoms with Gasteiger partial charge in [0, 0.05) is 6.54 Å². The Kier molecular flexibility index (Phi) is 5.70. The number of benzene rings is 1. The molecule has 21 heavy (non-hydrogen) atoms. The molecule has 2 rings (SSSR count). The zero-order valence-electron chi connectivity index (χ0n) is 13.2. The van der Waals surface area contributed by atoms with Crippen molar-refractivity contribution in [2.75, 3.05) is 20.2 Å². The molecule has 114 valence electrons. The molecule has 0 amide bonds. The summed E-state index contributed by atoms with van der Waals surface area (Å²) in [5.74, 6) is 0.989. The smallest absolute Gasteiger partial charge is 0.131 e. The van der Waals surface area contributed by atoms with E-state index in [1.807, 2.05) is 6.92 Å². The molecule has 0 aliphatic carbocycles. The lowest BCUT2D eigenvalue weighted by Gasteiger charge is -2.15. The minimum absolute atomic E-state index is 0.739. The molecule has 1 aromatic carbocycles. The summed E-state index contributed by atoms with van der Waals surface area (Å²) in [5.41, 5.74) is 2.47. The maximum Gasteiger partial charge on any atom is 0.131 e. The summed E-state index contributed by atoms with van der Waals surface area (Å²) in [6, 6.07) is 6.30. The van der Waals surface area contributed by atoms with E-state index in [4.69, 9.17) is 4.74 Å². The first-order chi connectivity index (χ1) is 10.0. The summed E-state index contributed by atoms with van der Waals surface area (Å²) in [5, 5.41) is 10.3. The van der Waals surface area contributed by atoms with Crippen LogP contribution in [0.2, 0.25) is 0 Å². The lowest BCUT2D eigenvalue weighted by Crippen LogP contribution is -2.20. The molecule has 0 radical (unpaired) electrons. The zero-order chi connectivity index (χ0) is 15.2. The van der Waals surface area contributed by atoms with E-state index in [1.165, 1.54) is 11.1 Å². The van der Waals surface area contributed by atoms with Crippen LogP contribution in [-0.2, 0) is 6.54 Å². The number of rotatable bonds is 7. The van der Waals surface area contributed by atoms with Gasteiger partial charge in [0.15, 0.2) is 0 Å². The predicted molar refractivity (Wildman–Crippen MR) is 87.0 cm³/mol. The molecule has 0 saturated heterocycles. The minimum Gasteiger partial charge on any atom is -0.493 e. The van der Waals surface area contributed by atoms with Crippen molar-refractivity contribution in [3.8, 4) is 5.75 Å². The first kappa shape index (κ1) is 15.9. The van der Waals surface area contributed by atoms with Crippen LogP contribution >= 0.6 is 11.3 Å². The second-order valence-electron chi connectivity index (χ2n) is 5.42. The molecule has 0 spiro atoms. The normalized spacial score (nSPS) is 11.1. The van der Waals surface area contributed by atoms with Crippen LogP contribution in [0.4, 0.5) is 0 Å². The first-order valence-corrected chi connectivity index (χ1v) is 8.04. The molecule has 0 N–H and O–H groups in total. The largest absolute Gasteiger partial charge is 0.493 e. The second kappa shape index (κ2) is 7.52. The Morgan fingerprint density at radius 1 is 1.19 bits per heavy atom. The molecule has 2 aromatic rings. The summed E-state index contributed by atoms with van der Waals surface area (Å²) in [6.45, 7) is 8.76. The van der Waals surface area contributed by atoms with E-state index in [-0.39, 0.29) is 0 Å². The van der Waals surface area contributed by atoms with E-state index < -0.39 is 0 Å². The third kappa shape index (κ3) is 5.10. The van der Waals surface area contributed by atoms with Crippen LogP contribution in [0.15, 0.2) is 18.2 Å². The highest BCUT2D eigenvalue weighted by molar-refractivity contribution is 7.11. The van der Waals surface area contributed by atoms with Crippen molar-refractivity contribution in [2.24, 2.45) is 0 Å². The zero-order valence-corrected chi connectivity index (χ0v) is 14.0. The van der Waals surface area contributed by atoms with Gasteiger partial charge in [-0.2, -0.15) is 0 Å². The average Bonchev–Trinajstić information content (AvgIpc) is 2.82. The fraction of sp³-hybridized carbons (Fsp3) is 0.500. The summed E-state index contributed by atoms with van der Waals surface area (Å²) >= 11 is 1.66. The number of aromatic nitrogens is 2. The van der Waals surface area contributed by atoms with Gasteiger partial charge in [-0.25, -0.2) is 0 Å². The summed E-state index contributed by atoms with van der Waals surface area (Å²) in [7, 11) is 2.11. The minimum atomic E-state index is 0.739. The second-order valence-corrected chi connectivity index (χ2v) is 6.69. The van der Waals surface area contributed by atoms with Gasteiger partial charge in [-0.3, -0.25) is 4.90 Å². The van der Waals surface area contributed by atoms with E-state index in [0.717, 1.165) is 41.9 Å². The highest BCUT2D eigenvalue weighted by Gasteiger charge is 2.05. The molecule has 0 saturated carbocycles. The molecule has 1 heterocycles. The van der Waals surface area contributed by atoms with Crippen LogP contribution in [0.5, 0.6) is 5.75 Å². The first-order valence-electron chi connectivity index (χ1n) is 7.22. The summed E-state index contributed by atoms with van der Waals surface area (Å²) < 4.78 is 5.84. The SMILES string of the molecule is Cc1ccc(OCCCN(C)Cc2nnc(C)s2)c(C)c1. The fourth-order valence-electron chi connectivity index (χ4n) is 2.19. The topological polar surface area (TPSA) is 38.2 Å². The highest BCUT2D eigenvalue weighted by atomic mass is 32.1. The third-order valence-electron chi connectivity index (χ3n) is 3.25. The molecule has 0 aliphatic heterocycles. The summed E-state index contributed by atoms with van der Waals surface area (Å²) in [6.07, 6.45) is 1.00. The van der Waals surface area contributed by atoms with Crippen molar-refractivity contribution in [2.45, 2.75) is 33.7 Å². The molecular formula is C16H23N3OS. The van der Waals surface area contributed by atoms with E-state index in [9.17, 15) is 0 Å². The van der Waals surface area contributed by atoms with E-state index in [0.29, 0.717) is 0 Å². The monoisotopic (exact) mass is 305 g/mol. The van der Waals surface area contributed by atoms with E-state index in [1.54, 1.807) is 11.3 Å². The van der Waals surface area contributed by atoms with Gasteiger partial charge in [-0.1, -0.05) is 17.7 Å². The van der Waals surface area contributed by atoms with Gasteiger partial charge in [0.25, 0.3) is 0 Å². The van der Waals surface area contributed by atoms with Crippen LogP contribution < -0.4 is 4.74 Å². The lowest BCUT2D eigenvalue weighted by molar-refractivity contribution is 0.257. The molecular weight excluding hydrogens is 282 g/mol. The van der Waals surface area contributed by atoms with Crippen molar-refractivity contribution in [1.29, 1.82) is 0 Å². The molecule has 4 nitrogen and oxygen atoms in total. The van der Waals surface area contributed by atoms with E-state index in [2.05, 4.69) is 54.2 Å². The number of ether oxygens (including phenoxy) is 1.